The van der Waals surface area contributed by atoms with E-state index in [0.29, 0.717) is 16.7 Å². The molecule has 0 spiro atoms. The first-order valence-electron chi connectivity index (χ1n) is 12.7. The third kappa shape index (κ3) is 4.17. The molecule has 0 saturated carbocycles. The number of nitrogens with one attached hydrogen (secondary N) is 1. The quantitative estimate of drug-likeness (QED) is 0.237. The summed E-state index contributed by atoms with van der Waals surface area (Å²) < 4.78 is 17.2. The molecule has 0 bridgehead atoms. The number of benzene rings is 3. The summed E-state index contributed by atoms with van der Waals surface area (Å²) in [7, 11) is 2.45. The van der Waals surface area contributed by atoms with Gasteiger partial charge in [0.1, 0.15) is 5.75 Å². The predicted molar refractivity (Wildman–Crippen MR) is 153 cm³/mol. The number of rotatable bonds is 6. The van der Waals surface area contributed by atoms with Crippen LogP contribution < -0.4 is 15.6 Å². The molecule has 1 atom stereocenters. The molecule has 0 fully saturated rings. The second-order valence-electron chi connectivity index (χ2n) is 9.41. The summed E-state index contributed by atoms with van der Waals surface area (Å²) in [6, 6.07) is 18.6. The Bertz CT molecular complexity index is 2080. The maximum absolute atomic E-state index is 13.5. The zero-order valence-corrected chi connectivity index (χ0v) is 22.3. The van der Waals surface area contributed by atoms with Gasteiger partial charge in [-0.2, -0.15) is 0 Å². The van der Waals surface area contributed by atoms with E-state index in [1.165, 1.54) is 32.4 Å². The van der Waals surface area contributed by atoms with Gasteiger partial charge in [0.05, 0.1) is 47.6 Å². The molecule has 0 aliphatic heterocycles. The van der Waals surface area contributed by atoms with Crippen LogP contribution in [0, 0.1) is 0 Å². The SMILES string of the molecule is COC(=O)c1ccc(C(=O)OC)c(NC(=O)C(C)Oc2ccc3c(c2)c2ccnc4c5ccccc5c(=O)n3c24)c1. The first-order chi connectivity index (χ1) is 19.8. The molecule has 1 amide bonds. The van der Waals surface area contributed by atoms with Gasteiger partial charge in [0.25, 0.3) is 11.5 Å². The van der Waals surface area contributed by atoms with Gasteiger partial charge >= 0.3 is 11.9 Å². The van der Waals surface area contributed by atoms with Crippen LogP contribution in [-0.2, 0) is 14.3 Å². The van der Waals surface area contributed by atoms with Crippen LogP contribution in [0.4, 0.5) is 5.69 Å². The Balaban J connectivity index is 1.35. The monoisotopic (exact) mass is 549 g/mol. The zero-order chi connectivity index (χ0) is 28.8. The van der Waals surface area contributed by atoms with E-state index in [0.717, 1.165) is 27.2 Å². The van der Waals surface area contributed by atoms with Gasteiger partial charge in [-0.15, -0.1) is 0 Å². The Hall–Kier alpha value is -5.51. The zero-order valence-electron chi connectivity index (χ0n) is 22.3. The van der Waals surface area contributed by atoms with Crippen LogP contribution in [0.2, 0.25) is 0 Å². The van der Waals surface area contributed by atoms with Gasteiger partial charge in [0.2, 0.25) is 0 Å². The van der Waals surface area contributed by atoms with Crippen LogP contribution in [0.25, 0.3) is 38.1 Å². The average Bonchev–Trinajstić information content (AvgIpc) is 3.33. The number of amides is 1. The van der Waals surface area contributed by atoms with Crippen molar-refractivity contribution in [1.29, 1.82) is 0 Å². The van der Waals surface area contributed by atoms with E-state index < -0.39 is 23.9 Å². The van der Waals surface area contributed by atoms with Crippen LogP contribution in [0.1, 0.15) is 27.6 Å². The minimum atomic E-state index is -0.994. The lowest BCUT2D eigenvalue weighted by Crippen LogP contribution is -2.31. The number of methoxy groups -OCH3 is 2. The first kappa shape index (κ1) is 25.8. The lowest BCUT2D eigenvalue weighted by Gasteiger charge is -2.17. The third-order valence-corrected chi connectivity index (χ3v) is 7.05. The number of fused-ring (bicyclic) bond motifs is 5. The van der Waals surface area contributed by atoms with E-state index in [1.54, 1.807) is 41.8 Å². The van der Waals surface area contributed by atoms with Gasteiger partial charge in [0, 0.05) is 27.7 Å². The van der Waals surface area contributed by atoms with Crippen LogP contribution in [0.5, 0.6) is 5.75 Å². The van der Waals surface area contributed by atoms with Crippen molar-refractivity contribution in [3.8, 4) is 5.75 Å². The number of nitrogens with zero attached hydrogens (tertiary/aromatic N) is 2. The number of esters is 2. The highest BCUT2D eigenvalue weighted by Gasteiger charge is 2.22. The largest absolute Gasteiger partial charge is 0.481 e. The van der Waals surface area contributed by atoms with Crippen LogP contribution >= 0.6 is 0 Å². The van der Waals surface area contributed by atoms with Gasteiger partial charge < -0.3 is 19.5 Å². The van der Waals surface area contributed by atoms with Crippen molar-refractivity contribution in [3.63, 3.8) is 0 Å². The molecule has 0 saturated heterocycles. The minimum absolute atomic E-state index is 0.0653. The Kier molecular flexibility index (Phi) is 6.22. The van der Waals surface area contributed by atoms with Gasteiger partial charge in [0.15, 0.2) is 6.10 Å². The summed E-state index contributed by atoms with van der Waals surface area (Å²) in [6.45, 7) is 1.56. The van der Waals surface area contributed by atoms with Crippen molar-refractivity contribution in [1.82, 2.24) is 9.38 Å². The Morgan fingerprint density at radius 1 is 0.854 bits per heavy atom. The molecule has 0 aliphatic carbocycles. The number of hydrogen-bond acceptors (Lipinski definition) is 8. The molecule has 1 unspecified atom stereocenters. The lowest BCUT2D eigenvalue weighted by molar-refractivity contribution is -0.122. The third-order valence-electron chi connectivity index (χ3n) is 7.05. The van der Waals surface area contributed by atoms with E-state index in [4.69, 9.17) is 14.2 Å². The van der Waals surface area contributed by atoms with Crippen molar-refractivity contribution < 1.29 is 28.6 Å². The highest BCUT2D eigenvalue weighted by atomic mass is 16.5. The number of carbonyl (C=O) groups excluding carboxylic acids is 3. The van der Waals surface area contributed by atoms with E-state index in [1.807, 2.05) is 24.3 Å². The van der Waals surface area contributed by atoms with Crippen molar-refractivity contribution in [2.45, 2.75) is 13.0 Å². The molecule has 0 radical (unpaired) electrons. The van der Waals surface area contributed by atoms with Crippen LogP contribution in [0.15, 0.2) is 77.7 Å². The van der Waals surface area contributed by atoms with Gasteiger partial charge in [-0.05, 0) is 55.5 Å². The summed E-state index contributed by atoms with van der Waals surface area (Å²) in [5.41, 5.74) is 2.29. The average molecular weight is 550 g/mol. The van der Waals surface area contributed by atoms with Crippen molar-refractivity contribution in [2.24, 2.45) is 0 Å². The maximum atomic E-state index is 13.5. The van der Waals surface area contributed by atoms with Crippen molar-refractivity contribution in [3.05, 3.63) is 94.4 Å². The standard InChI is InChI=1S/C31H23N3O7/c1-16(28(35)33-24-14-17(30(37)39-2)8-10-22(24)31(38)40-3)41-18-9-11-25-23(15-18)20-12-13-32-26-19-6-4-5-7-21(19)29(36)34(25)27(20)26/h4-16H,1-3H3,(H,33,35). The number of anilines is 1. The Labute approximate surface area is 232 Å². The Morgan fingerprint density at radius 2 is 1.61 bits per heavy atom. The fraction of sp³-hybridized carbons (Fsp3) is 0.129. The number of carbonyl (C=O) groups is 3. The highest BCUT2D eigenvalue weighted by molar-refractivity contribution is 6.18. The molecule has 0 aliphatic rings. The van der Waals surface area contributed by atoms with Crippen molar-refractivity contribution >= 4 is 61.6 Å². The van der Waals surface area contributed by atoms with Gasteiger partial charge in [-0.25, -0.2) is 9.59 Å². The molecule has 41 heavy (non-hydrogen) atoms. The normalized spacial score (nSPS) is 12.1. The van der Waals surface area contributed by atoms with Gasteiger partial charge in [-0.1, -0.05) is 18.2 Å². The topological polar surface area (TPSA) is 125 Å². The summed E-state index contributed by atoms with van der Waals surface area (Å²) in [5, 5.41) is 5.61. The molecule has 10 nitrogen and oxygen atoms in total. The van der Waals surface area contributed by atoms with E-state index in [-0.39, 0.29) is 22.4 Å². The molecule has 10 heteroatoms. The summed E-state index contributed by atoms with van der Waals surface area (Å²) in [6.07, 6.45) is 0.714. The molecule has 204 valence electrons. The molecular formula is C31H23N3O7. The number of hydrogen-bond donors (Lipinski definition) is 1. The van der Waals surface area contributed by atoms with E-state index >= 15 is 0 Å². The smallest absolute Gasteiger partial charge is 0.339 e. The van der Waals surface area contributed by atoms with Crippen LogP contribution in [-0.4, -0.2) is 47.6 Å². The molecule has 6 rings (SSSR count). The highest BCUT2D eigenvalue weighted by Crippen LogP contribution is 2.34. The molecule has 3 aromatic carbocycles. The fourth-order valence-electron chi connectivity index (χ4n) is 5.09. The number of aromatic nitrogens is 2. The van der Waals surface area contributed by atoms with E-state index in [2.05, 4.69) is 10.3 Å². The predicted octanol–water partition coefficient (Wildman–Crippen LogP) is 4.57. The molecule has 3 aromatic heterocycles. The Morgan fingerprint density at radius 3 is 2.37 bits per heavy atom. The van der Waals surface area contributed by atoms with E-state index in [9.17, 15) is 19.2 Å². The summed E-state index contributed by atoms with van der Waals surface area (Å²) in [5.74, 6) is -1.47. The first-order valence-corrected chi connectivity index (χ1v) is 12.7. The van der Waals surface area contributed by atoms with Gasteiger partial charge in [-0.3, -0.25) is 19.0 Å². The maximum Gasteiger partial charge on any atom is 0.339 e. The molecule has 3 heterocycles. The molecule has 6 aromatic rings. The summed E-state index contributed by atoms with van der Waals surface area (Å²) in [4.78, 5) is 55.4. The minimum Gasteiger partial charge on any atom is -0.481 e. The van der Waals surface area contributed by atoms with Crippen LogP contribution in [0.3, 0.4) is 0 Å². The molecular weight excluding hydrogens is 526 g/mol. The second kappa shape index (κ2) is 9.91. The fourth-order valence-corrected chi connectivity index (χ4v) is 5.09. The lowest BCUT2D eigenvalue weighted by atomic mass is 10.1. The second-order valence-corrected chi connectivity index (χ2v) is 9.41. The van der Waals surface area contributed by atoms with Crippen molar-refractivity contribution in [2.75, 3.05) is 19.5 Å². The summed E-state index contributed by atoms with van der Waals surface area (Å²) >= 11 is 0. The number of pyridine rings is 2. The molecule has 1 N–H and O–H groups in total. The number of ether oxygens (including phenoxy) is 3.